The van der Waals surface area contributed by atoms with Crippen molar-refractivity contribution in [2.45, 2.75) is 26.2 Å². The van der Waals surface area contributed by atoms with Crippen LogP contribution < -0.4 is 10.5 Å². The monoisotopic (exact) mass is 231 g/mol. The van der Waals surface area contributed by atoms with Gasteiger partial charge in [0.15, 0.2) is 0 Å². The van der Waals surface area contributed by atoms with Crippen LogP contribution in [0.1, 0.15) is 26.2 Å². The maximum atomic E-state index is 5.67. The summed E-state index contributed by atoms with van der Waals surface area (Å²) in [7, 11) is 0. The second-order valence-corrected chi connectivity index (χ2v) is 3.96. The van der Waals surface area contributed by atoms with E-state index in [1.165, 1.54) is 12.8 Å². The van der Waals surface area contributed by atoms with E-state index in [2.05, 4.69) is 16.9 Å². The number of nitrogen functional groups attached to an aromatic ring is 1. The molecule has 0 radical (unpaired) electrons. The highest BCUT2D eigenvalue weighted by Gasteiger charge is 2.06. The largest absolute Gasteiger partial charge is 0.477 e. The summed E-state index contributed by atoms with van der Waals surface area (Å²) in [6, 6.07) is 7.73. The Hall–Kier alpha value is -1.84. The molecule has 90 valence electrons. The van der Waals surface area contributed by atoms with Crippen molar-refractivity contribution in [2.24, 2.45) is 0 Å². The molecule has 2 N–H and O–H groups in total. The summed E-state index contributed by atoms with van der Waals surface area (Å²) < 4.78 is 5.67. The predicted molar refractivity (Wildman–Crippen MR) is 69.0 cm³/mol. The first-order valence-corrected chi connectivity index (χ1v) is 5.96. The predicted octanol–water partition coefficient (Wildman–Crippen LogP) is 2.78. The van der Waals surface area contributed by atoms with Gasteiger partial charge >= 0.3 is 0 Å². The first kappa shape index (κ1) is 11.6. The van der Waals surface area contributed by atoms with Crippen molar-refractivity contribution in [1.29, 1.82) is 0 Å². The number of fused-ring (bicyclic) bond motifs is 1. The third kappa shape index (κ3) is 2.84. The highest BCUT2D eigenvalue weighted by molar-refractivity contribution is 5.84. The molecular weight excluding hydrogens is 214 g/mol. The molecule has 0 fully saturated rings. The van der Waals surface area contributed by atoms with Gasteiger partial charge in [0, 0.05) is 0 Å². The normalized spacial score (nSPS) is 10.6. The summed E-state index contributed by atoms with van der Waals surface area (Å²) in [5.74, 6) is 0.846. The summed E-state index contributed by atoms with van der Waals surface area (Å²) in [5, 5.41) is 0.915. The van der Waals surface area contributed by atoms with Crippen molar-refractivity contribution >= 4 is 16.9 Å². The van der Waals surface area contributed by atoms with E-state index >= 15 is 0 Å². The Balaban J connectivity index is 2.20. The van der Waals surface area contributed by atoms with Gasteiger partial charge in [-0.1, -0.05) is 31.9 Å². The van der Waals surface area contributed by atoms with Crippen molar-refractivity contribution in [3.8, 4) is 5.88 Å². The lowest BCUT2D eigenvalue weighted by Gasteiger charge is -2.08. The number of anilines is 1. The second-order valence-electron chi connectivity index (χ2n) is 3.96. The van der Waals surface area contributed by atoms with Crippen LogP contribution in [0.3, 0.4) is 0 Å². The number of unbranched alkanes of at least 4 members (excludes halogenated alkanes) is 2. The Morgan fingerprint density at radius 2 is 2.00 bits per heavy atom. The quantitative estimate of drug-likeness (QED) is 0.804. The molecule has 4 nitrogen and oxygen atoms in total. The van der Waals surface area contributed by atoms with Crippen LogP contribution in [0.4, 0.5) is 5.95 Å². The molecule has 2 aromatic rings. The lowest BCUT2D eigenvalue weighted by atomic mass is 10.2. The van der Waals surface area contributed by atoms with Crippen molar-refractivity contribution in [3.05, 3.63) is 24.3 Å². The molecule has 0 aliphatic heterocycles. The van der Waals surface area contributed by atoms with Gasteiger partial charge in [-0.05, 0) is 18.6 Å². The number of para-hydroxylation sites is 1. The maximum absolute atomic E-state index is 5.67. The summed E-state index contributed by atoms with van der Waals surface area (Å²) in [4.78, 5) is 8.31. The zero-order chi connectivity index (χ0) is 12.1. The number of nitrogens with two attached hydrogens (primary N) is 1. The molecule has 17 heavy (non-hydrogen) atoms. The average molecular weight is 231 g/mol. The van der Waals surface area contributed by atoms with Crippen molar-refractivity contribution < 1.29 is 4.74 Å². The van der Waals surface area contributed by atoms with Crippen LogP contribution in [0.15, 0.2) is 24.3 Å². The number of aromatic nitrogens is 2. The van der Waals surface area contributed by atoms with E-state index < -0.39 is 0 Å². The fourth-order valence-corrected chi connectivity index (χ4v) is 1.70. The minimum absolute atomic E-state index is 0.259. The standard InChI is InChI=1S/C13H17N3O/c1-2-3-6-9-17-12-10-7-4-5-8-11(10)15-13(14)16-12/h4-5,7-8H,2-3,6,9H2,1H3,(H2,14,15,16). The molecule has 0 aliphatic carbocycles. The van der Waals surface area contributed by atoms with Crippen LogP contribution in [0, 0.1) is 0 Å². The highest BCUT2D eigenvalue weighted by Crippen LogP contribution is 2.22. The van der Waals surface area contributed by atoms with Gasteiger partial charge in [-0.3, -0.25) is 0 Å². The number of hydrogen-bond donors (Lipinski definition) is 1. The molecule has 0 aliphatic rings. The highest BCUT2D eigenvalue weighted by atomic mass is 16.5. The van der Waals surface area contributed by atoms with E-state index in [1.807, 2.05) is 24.3 Å². The van der Waals surface area contributed by atoms with Crippen LogP contribution in [0.25, 0.3) is 10.9 Å². The molecule has 0 unspecified atom stereocenters. The average Bonchev–Trinajstić information content (AvgIpc) is 2.34. The zero-order valence-corrected chi connectivity index (χ0v) is 10.0. The summed E-state index contributed by atoms with van der Waals surface area (Å²) in [5.41, 5.74) is 6.48. The van der Waals surface area contributed by atoms with Gasteiger partial charge in [0.05, 0.1) is 17.5 Å². The Bertz CT molecular complexity index is 499. The molecule has 0 saturated heterocycles. The zero-order valence-electron chi connectivity index (χ0n) is 10.0. The molecule has 0 atom stereocenters. The van der Waals surface area contributed by atoms with Crippen LogP contribution in [-0.2, 0) is 0 Å². The Morgan fingerprint density at radius 3 is 2.82 bits per heavy atom. The van der Waals surface area contributed by atoms with Crippen molar-refractivity contribution in [1.82, 2.24) is 9.97 Å². The van der Waals surface area contributed by atoms with E-state index in [4.69, 9.17) is 10.5 Å². The number of benzene rings is 1. The minimum atomic E-state index is 0.259. The third-order valence-corrected chi connectivity index (χ3v) is 2.57. The van der Waals surface area contributed by atoms with Crippen LogP contribution in [0.2, 0.25) is 0 Å². The van der Waals surface area contributed by atoms with Gasteiger partial charge in [0.1, 0.15) is 0 Å². The molecule has 1 aromatic carbocycles. The van der Waals surface area contributed by atoms with Crippen LogP contribution in [-0.4, -0.2) is 16.6 Å². The third-order valence-electron chi connectivity index (χ3n) is 2.57. The molecule has 0 spiro atoms. The molecule has 0 amide bonds. The first-order valence-electron chi connectivity index (χ1n) is 5.96. The fraction of sp³-hybridized carbons (Fsp3) is 0.385. The van der Waals surface area contributed by atoms with E-state index in [-0.39, 0.29) is 5.95 Å². The number of nitrogens with zero attached hydrogens (tertiary/aromatic N) is 2. The lowest BCUT2D eigenvalue weighted by molar-refractivity contribution is 0.299. The molecule has 1 aromatic heterocycles. The van der Waals surface area contributed by atoms with Gasteiger partial charge in [0.25, 0.3) is 0 Å². The number of rotatable bonds is 5. The van der Waals surface area contributed by atoms with Crippen molar-refractivity contribution in [2.75, 3.05) is 12.3 Å². The summed E-state index contributed by atoms with van der Waals surface area (Å²) >= 11 is 0. The van der Waals surface area contributed by atoms with E-state index in [0.29, 0.717) is 12.5 Å². The first-order chi connectivity index (χ1) is 8.31. The molecule has 4 heteroatoms. The van der Waals surface area contributed by atoms with E-state index in [1.54, 1.807) is 0 Å². The van der Waals surface area contributed by atoms with E-state index in [0.717, 1.165) is 17.3 Å². The molecule has 1 heterocycles. The fourth-order valence-electron chi connectivity index (χ4n) is 1.70. The SMILES string of the molecule is CCCCCOc1nc(N)nc2ccccc12. The van der Waals surface area contributed by atoms with Gasteiger partial charge < -0.3 is 10.5 Å². The van der Waals surface area contributed by atoms with E-state index in [9.17, 15) is 0 Å². The number of hydrogen-bond acceptors (Lipinski definition) is 4. The molecular formula is C13H17N3O. The van der Waals surface area contributed by atoms with Gasteiger partial charge in [-0.25, -0.2) is 4.98 Å². The second kappa shape index (κ2) is 5.48. The molecule has 0 bridgehead atoms. The summed E-state index contributed by atoms with van der Waals surface area (Å²) in [6.45, 7) is 2.84. The summed E-state index contributed by atoms with van der Waals surface area (Å²) in [6.07, 6.45) is 3.38. The Morgan fingerprint density at radius 1 is 1.18 bits per heavy atom. The van der Waals surface area contributed by atoms with Gasteiger partial charge in [-0.15, -0.1) is 0 Å². The molecule has 2 rings (SSSR count). The smallest absolute Gasteiger partial charge is 0.226 e. The van der Waals surface area contributed by atoms with Crippen LogP contribution in [0.5, 0.6) is 5.88 Å². The Kier molecular flexibility index (Phi) is 3.75. The van der Waals surface area contributed by atoms with Crippen LogP contribution >= 0.6 is 0 Å². The molecule has 0 saturated carbocycles. The number of ether oxygens (including phenoxy) is 1. The van der Waals surface area contributed by atoms with Crippen molar-refractivity contribution in [3.63, 3.8) is 0 Å². The van der Waals surface area contributed by atoms with Gasteiger partial charge in [0.2, 0.25) is 11.8 Å². The Labute approximate surface area is 101 Å². The van der Waals surface area contributed by atoms with Gasteiger partial charge in [-0.2, -0.15) is 4.98 Å². The minimum Gasteiger partial charge on any atom is -0.477 e. The topological polar surface area (TPSA) is 61.0 Å². The lowest BCUT2D eigenvalue weighted by Crippen LogP contribution is -2.03. The maximum Gasteiger partial charge on any atom is 0.226 e.